The fourth-order valence-corrected chi connectivity index (χ4v) is 4.95. The minimum absolute atomic E-state index is 0.117. The van der Waals surface area contributed by atoms with Crippen molar-refractivity contribution in [3.8, 4) is 5.75 Å². The van der Waals surface area contributed by atoms with Crippen molar-refractivity contribution in [2.45, 2.75) is 31.6 Å². The Morgan fingerprint density at radius 1 is 1.06 bits per heavy atom. The van der Waals surface area contributed by atoms with Gasteiger partial charge in [0, 0.05) is 32.6 Å². The molecule has 0 spiro atoms. The molecule has 0 saturated carbocycles. The largest absolute Gasteiger partial charge is 0.495 e. The zero-order chi connectivity index (χ0) is 25.4. The number of ether oxygens (including phenoxy) is 1. The number of amides is 1. The van der Waals surface area contributed by atoms with E-state index in [4.69, 9.17) is 4.74 Å². The lowest BCUT2D eigenvalue weighted by molar-refractivity contribution is -0.173. The van der Waals surface area contributed by atoms with Crippen molar-refractivity contribution in [1.82, 2.24) is 14.7 Å². The maximum Gasteiger partial charge on any atom is 0.410 e. The number of carbonyl (C=O) groups is 1. The Morgan fingerprint density at radius 2 is 1.75 bits per heavy atom. The Morgan fingerprint density at radius 3 is 2.42 bits per heavy atom. The Hall–Kier alpha value is -3.69. The number of carbonyl (C=O) groups excluding carboxylic acids is 1. The van der Waals surface area contributed by atoms with Crippen LogP contribution in [0.4, 0.5) is 24.7 Å². The molecule has 2 aromatic carbocycles. The maximum atomic E-state index is 14.0. The second-order valence-corrected chi connectivity index (χ2v) is 9.20. The summed E-state index contributed by atoms with van der Waals surface area (Å²) in [4.78, 5) is 17.3. The minimum Gasteiger partial charge on any atom is -0.495 e. The normalized spacial score (nSPS) is 20.0. The Kier molecular flexibility index (Phi) is 6.27. The maximum absolute atomic E-state index is 14.0. The molecule has 190 valence electrons. The second kappa shape index (κ2) is 9.40. The summed E-state index contributed by atoms with van der Waals surface area (Å²) in [6.07, 6.45) is -3.44. The number of piperazine rings is 1. The van der Waals surface area contributed by atoms with Crippen molar-refractivity contribution >= 4 is 17.4 Å². The number of rotatable bonds is 4. The van der Waals surface area contributed by atoms with Crippen LogP contribution >= 0.6 is 0 Å². The molecule has 0 radical (unpaired) electrons. The molecule has 0 aliphatic carbocycles. The number of aryl methyl sites for hydroxylation is 1. The highest BCUT2D eigenvalue weighted by Crippen LogP contribution is 2.44. The summed E-state index contributed by atoms with van der Waals surface area (Å²) in [6, 6.07) is 12.7. The SMILES string of the molecule is COc1ccccc1N1CCN(C(=O)c2cnn3c2N[C@H](c2ccc(C)cc2)C[C@H]3C(F)(F)F)CC1. The summed E-state index contributed by atoms with van der Waals surface area (Å²) < 4.78 is 48.4. The number of benzene rings is 2. The van der Waals surface area contributed by atoms with Gasteiger partial charge in [0.1, 0.15) is 17.1 Å². The Balaban J connectivity index is 1.37. The number of nitrogens with one attached hydrogen (secondary N) is 1. The second-order valence-electron chi connectivity index (χ2n) is 9.20. The van der Waals surface area contributed by atoms with E-state index in [0.29, 0.717) is 26.2 Å². The lowest BCUT2D eigenvalue weighted by Crippen LogP contribution is -2.49. The number of alkyl halides is 3. The van der Waals surface area contributed by atoms with Crippen molar-refractivity contribution in [3.63, 3.8) is 0 Å². The van der Waals surface area contributed by atoms with Gasteiger partial charge in [-0.1, -0.05) is 42.0 Å². The molecular formula is C26H28F3N5O2. The van der Waals surface area contributed by atoms with Crippen LogP contribution in [0.1, 0.15) is 40.0 Å². The van der Waals surface area contributed by atoms with Gasteiger partial charge in [0.05, 0.1) is 25.0 Å². The van der Waals surface area contributed by atoms with Gasteiger partial charge < -0.3 is 19.9 Å². The van der Waals surface area contributed by atoms with E-state index in [9.17, 15) is 18.0 Å². The number of nitrogens with zero attached hydrogens (tertiary/aromatic N) is 4. The van der Waals surface area contributed by atoms with Crippen LogP contribution in [0.15, 0.2) is 54.7 Å². The highest BCUT2D eigenvalue weighted by atomic mass is 19.4. The zero-order valence-electron chi connectivity index (χ0n) is 20.1. The van der Waals surface area contributed by atoms with Crippen molar-refractivity contribution in [2.75, 3.05) is 43.5 Å². The third-order valence-electron chi connectivity index (χ3n) is 6.94. The average molecular weight is 500 g/mol. The van der Waals surface area contributed by atoms with E-state index in [1.165, 1.54) is 6.20 Å². The Bertz CT molecular complexity index is 1230. The molecule has 5 rings (SSSR count). The van der Waals surface area contributed by atoms with Crippen LogP contribution in [0.2, 0.25) is 0 Å². The first kappa shape index (κ1) is 24.0. The topological polar surface area (TPSA) is 62.6 Å². The molecule has 1 aromatic heterocycles. The molecule has 3 heterocycles. The summed E-state index contributed by atoms with van der Waals surface area (Å²) >= 11 is 0. The van der Waals surface area contributed by atoms with Crippen LogP contribution in [-0.4, -0.2) is 60.1 Å². The number of anilines is 2. The first-order chi connectivity index (χ1) is 17.3. The third-order valence-corrected chi connectivity index (χ3v) is 6.94. The number of methoxy groups -OCH3 is 1. The van der Waals surface area contributed by atoms with Crippen molar-refractivity contribution in [3.05, 3.63) is 71.4 Å². The number of fused-ring (bicyclic) bond motifs is 1. The summed E-state index contributed by atoms with van der Waals surface area (Å²) in [5.74, 6) is 0.549. The van der Waals surface area contributed by atoms with E-state index in [1.807, 2.05) is 55.5 Å². The van der Waals surface area contributed by atoms with Gasteiger partial charge in [-0.05, 0) is 24.6 Å². The molecule has 36 heavy (non-hydrogen) atoms. The van der Waals surface area contributed by atoms with Gasteiger partial charge in [0.2, 0.25) is 0 Å². The molecule has 2 aliphatic rings. The molecule has 1 fully saturated rings. The molecule has 3 aromatic rings. The van der Waals surface area contributed by atoms with E-state index in [-0.39, 0.29) is 23.7 Å². The van der Waals surface area contributed by atoms with Gasteiger partial charge in [0.15, 0.2) is 6.04 Å². The number of halogens is 3. The van der Waals surface area contributed by atoms with Crippen LogP contribution in [0.3, 0.4) is 0 Å². The van der Waals surface area contributed by atoms with Gasteiger partial charge in [-0.3, -0.25) is 4.79 Å². The summed E-state index contributed by atoms with van der Waals surface area (Å²) in [5, 5.41) is 7.19. The average Bonchev–Trinajstić information content (AvgIpc) is 3.31. The molecule has 2 aliphatic heterocycles. The monoisotopic (exact) mass is 499 g/mol. The van der Waals surface area contributed by atoms with E-state index >= 15 is 0 Å². The smallest absolute Gasteiger partial charge is 0.410 e. The highest BCUT2D eigenvalue weighted by Gasteiger charge is 2.47. The molecule has 7 nitrogen and oxygen atoms in total. The summed E-state index contributed by atoms with van der Waals surface area (Å²) in [6.45, 7) is 3.97. The molecule has 1 saturated heterocycles. The number of para-hydroxylation sites is 2. The van der Waals surface area contributed by atoms with Gasteiger partial charge in [-0.15, -0.1) is 0 Å². The fraction of sp³-hybridized carbons (Fsp3) is 0.385. The van der Waals surface area contributed by atoms with Gasteiger partial charge in [0.25, 0.3) is 5.91 Å². The quantitative estimate of drug-likeness (QED) is 0.558. The molecule has 2 atom stereocenters. The number of hydrogen-bond donors (Lipinski definition) is 1. The van der Waals surface area contributed by atoms with Gasteiger partial charge >= 0.3 is 6.18 Å². The lowest BCUT2D eigenvalue weighted by atomic mass is 9.96. The standard InChI is InChI=1S/C26H28F3N5O2/c1-17-7-9-18(10-8-17)20-15-23(26(27,28)29)34-24(31-20)19(16-30-34)25(35)33-13-11-32(12-14-33)21-5-3-4-6-22(21)36-2/h3-10,16,20,23,31H,11-15H2,1-2H3/t20-,23-/m0/s1. The van der Waals surface area contributed by atoms with E-state index in [2.05, 4.69) is 15.3 Å². The van der Waals surface area contributed by atoms with Gasteiger partial charge in [-0.25, -0.2) is 4.68 Å². The van der Waals surface area contributed by atoms with Crippen LogP contribution in [-0.2, 0) is 0 Å². The Labute approximate surface area is 207 Å². The molecular weight excluding hydrogens is 471 g/mol. The highest BCUT2D eigenvalue weighted by molar-refractivity contribution is 5.99. The van der Waals surface area contributed by atoms with Crippen molar-refractivity contribution in [2.24, 2.45) is 0 Å². The zero-order valence-corrected chi connectivity index (χ0v) is 20.1. The van der Waals surface area contributed by atoms with Crippen LogP contribution in [0, 0.1) is 6.92 Å². The van der Waals surface area contributed by atoms with Gasteiger partial charge in [-0.2, -0.15) is 18.3 Å². The van der Waals surface area contributed by atoms with Crippen LogP contribution in [0.25, 0.3) is 0 Å². The fourth-order valence-electron chi connectivity index (χ4n) is 4.95. The molecule has 1 N–H and O–H groups in total. The van der Waals surface area contributed by atoms with Crippen LogP contribution < -0.4 is 15.0 Å². The molecule has 0 bridgehead atoms. The molecule has 0 unspecified atom stereocenters. The first-order valence-corrected chi connectivity index (χ1v) is 11.9. The van der Waals surface area contributed by atoms with Crippen molar-refractivity contribution < 1.29 is 22.7 Å². The minimum atomic E-state index is -4.49. The van der Waals surface area contributed by atoms with E-state index < -0.39 is 18.3 Å². The summed E-state index contributed by atoms with van der Waals surface area (Å²) in [7, 11) is 1.62. The van der Waals surface area contributed by atoms with E-state index in [0.717, 1.165) is 27.2 Å². The first-order valence-electron chi connectivity index (χ1n) is 11.9. The number of hydrogen-bond acceptors (Lipinski definition) is 5. The predicted octanol–water partition coefficient (Wildman–Crippen LogP) is 4.82. The third kappa shape index (κ3) is 4.47. The molecule has 1 amide bonds. The summed E-state index contributed by atoms with van der Waals surface area (Å²) in [5.41, 5.74) is 2.87. The van der Waals surface area contributed by atoms with Crippen LogP contribution in [0.5, 0.6) is 5.75 Å². The molecule has 10 heteroatoms. The number of aromatic nitrogens is 2. The predicted molar refractivity (Wildman–Crippen MR) is 131 cm³/mol. The lowest BCUT2D eigenvalue weighted by Gasteiger charge is -2.37. The van der Waals surface area contributed by atoms with Crippen molar-refractivity contribution in [1.29, 1.82) is 0 Å². The van der Waals surface area contributed by atoms with E-state index in [1.54, 1.807) is 12.0 Å².